The van der Waals surface area contributed by atoms with E-state index >= 15 is 0 Å². The van der Waals surface area contributed by atoms with Crippen LogP contribution in [0.5, 0.6) is 5.75 Å². The van der Waals surface area contributed by atoms with Gasteiger partial charge in [-0.1, -0.05) is 41.9 Å². The molecule has 2 amide bonds. The Morgan fingerprint density at radius 2 is 1.85 bits per heavy atom. The van der Waals surface area contributed by atoms with Crippen molar-refractivity contribution in [2.24, 2.45) is 0 Å². The molecule has 0 saturated heterocycles. The van der Waals surface area contributed by atoms with Crippen molar-refractivity contribution < 1.29 is 18.7 Å². The maximum atomic E-state index is 12.8. The number of carbonyl (C=O) groups excluding carboxylic acids is 2. The second kappa shape index (κ2) is 8.44. The van der Waals surface area contributed by atoms with Crippen molar-refractivity contribution >= 4 is 45.8 Å². The lowest BCUT2D eigenvalue weighted by Gasteiger charge is -2.30. The molecule has 1 N–H and O–H groups in total. The van der Waals surface area contributed by atoms with E-state index in [1.54, 1.807) is 59.5 Å². The van der Waals surface area contributed by atoms with E-state index in [0.29, 0.717) is 39.7 Å². The average molecular weight is 461 g/mol. The molecule has 3 aromatic carbocycles. The lowest BCUT2D eigenvalue weighted by Crippen LogP contribution is -2.38. The van der Waals surface area contributed by atoms with Gasteiger partial charge in [-0.25, -0.2) is 4.79 Å². The van der Waals surface area contributed by atoms with Gasteiger partial charge in [0.2, 0.25) is 0 Å². The summed E-state index contributed by atoms with van der Waals surface area (Å²) in [6.45, 7) is 0.207. The number of carbonyl (C=O) groups is 2. The fourth-order valence-corrected chi connectivity index (χ4v) is 3.90. The van der Waals surface area contributed by atoms with Crippen LogP contribution >= 0.6 is 11.6 Å². The Morgan fingerprint density at radius 1 is 1.00 bits per heavy atom. The van der Waals surface area contributed by atoms with Gasteiger partial charge in [0.05, 0.1) is 12.2 Å². The minimum atomic E-state index is -0.731. The van der Waals surface area contributed by atoms with Crippen LogP contribution in [0.3, 0.4) is 0 Å². The Labute approximate surface area is 193 Å². The van der Waals surface area contributed by atoms with Gasteiger partial charge in [-0.05, 0) is 48.0 Å². The van der Waals surface area contributed by atoms with Gasteiger partial charge in [0.1, 0.15) is 16.9 Å². The first-order chi connectivity index (χ1) is 16.0. The molecule has 1 aliphatic rings. The van der Waals surface area contributed by atoms with Gasteiger partial charge >= 0.3 is 5.63 Å². The summed E-state index contributed by atoms with van der Waals surface area (Å²) < 4.78 is 10.8. The quantitative estimate of drug-likeness (QED) is 0.449. The fraction of sp³-hybridized carbons (Fsp3) is 0.0800. The van der Waals surface area contributed by atoms with Crippen LogP contribution in [0.2, 0.25) is 5.02 Å². The third-order valence-electron chi connectivity index (χ3n) is 5.28. The molecule has 0 unspecified atom stereocenters. The summed E-state index contributed by atoms with van der Waals surface area (Å²) in [4.78, 5) is 39.3. The third kappa shape index (κ3) is 4.18. The molecule has 1 aromatic heterocycles. The summed E-state index contributed by atoms with van der Waals surface area (Å²) in [6.07, 6.45) is 0. The molecule has 0 saturated carbocycles. The van der Waals surface area contributed by atoms with E-state index in [1.165, 1.54) is 6.07 Å². The lowest BCUT2D eigenvalue weighted by molar-refractivity contribution is -0.121. The predicted octanol–water partition coefficient (Wildman–Crippen LogP) is 4.62. The molecular formula is C25H17ClN2O5. The van der Waals surface area contributed by atoms with E-state index in [2.05, 4.69) is 5.32 Å². The number of amides is 2. The number of hydrogen-bond donors (Lipinski definition) is 1. The predicted molar refractivity (Wildman–Crippen MR) is 125 cm³/mol. The molecule has 0 spiro atoms. The molecule has 1 aliphatic heterocycles. The number of para-hydroxylation sites is 1. The highest BCUT2D eigenvalue weighted by Gasteiger charge is 2.26. The maximum absolute atomic E-state index is 12.8. The van der Waals surface area contributed by atoms with Crippen molar-refractivity contribution in [3.63, 3.8) is 0 Å². The Kier molecular flexibility index (Phi) is 5.32. The minimum absolute atomic E-state index is 0.0859. The first-order valence-electron chi connectivity index (χ1n) is 10.1. The van der Waals surface area contributed by atoms with Crippen molar-refractivity contribution in [1.29, 1.82) is 0 Å². The Hall–Kier alpha value is -4.10. The van der Waals surface area contributed by atoms with Gasteiger partial charge in [-0.3, -0.25) is 9.59 Å². The summed E-state index contributed by atoms with van der Waals surface area (Å²) in [6, 6.07) is 20.6. The molecule has 2 heterocycles. The van der Waals surface area contributed by atoms with Gasteiger partial charge in [0, 0.05) is 16.1 Å². The highest BCUT2D eigenvalue weighted by Crippen LogP contribution is 2.35. The number of rotatable bonds is 4. The van der Waals surface area contributed by atoms with Crippen LogP contribution < -0.4 is 20.6 Å². The number of nitrogens with one attached hydrogen (secondary N) is 1. The highest BCUT2D eigenvalue weighted by atomic mass is 35.5. The summed E-state index contributed by atoms with van der Waals surface area (Å²) in [5, 5.41) is 3.92. The third-order valence-corrected chi connectivity index (χ3v) is 5.51. The Balaban J connectivity index is 1.44. The number of hydrogen-bond acceptors (Lipinski definition) is 5. The molecule has 7 nitrogen and oxygen atoms in total. The van der Waals surface area contributed by atoms with Crippen LogP contribution in [0.15, 0.2) is 82.0 Å². The normalized spacial score (nSPS) is 12.9. The van der Waals surface area contributed by atoms with Crippen molar-refractivity contribution in [2.75, 3.05) is 16.8 Å². The van der Waals surface area contributed by atoms with Crippen molar-refractivity contribution in [1.82, 2.24) is 0 Å². The van der Waals surface area contributed by atoms with Crippen LogP contribution in [-0.4, -0.2) is 18.4 Å². The molecule has 4 aromatic rings. The standard InChI is InChI=1S/C25H17ClN2O5/c26-17-6-3-4-15(10-17)13-28-20-12-18(8-9-22(20)32-14-23(28)29)27-24(30)19-11-16-5-1-2-7-21(16)33-25(19)31/h1-12H,13-14H2,(H,27,30). The van der Waals surface area contributed by atoms with E-state index in [4.69, 9.17) is 20.8 Å². The fourth-order valence-electron chi connectivity index (χ4n) is 3.69. The summed E-state index contributed by atoms with van der Waals surface area (Å²) in [5.41, 5.74) is 1.32. The van der Waals surface area contributed by atoms with Crippen LogP contribution in [0, 0.1) is 0 Å². The monoisotopic (exact) mass is 460 g/mol. The number of anilines is 2. The average Bonchev–Trinajstić information content (AvgIpc) is 2.80. The minimum Gasteiger partial charge on any atom is -0.482 e. The molecule has 0 aliphatic carbocycles. The molecule has 0 atom stereocenters. The van der Waals surface area contributed by atoms with Crippen LogP contribution in [0.1, 0.15) is 15.9 Å². The van der Waals surface area contributed by atoms with Gasteiger partial charge in [-0.2, -0.15) is 0 Å². The number of ether oxygens (including phenoxy) is 1. The summed E-state index contributed by atoms with van der Waals surface area (Å²) in [7, 11) is 0. The number of fused-ring (bicyclic) bond motifs is 2. The van der Waals surface area contributed by atoms with E-state index < -0.39 is 11.5 Å². The van der Waals surface area contributed by atoms with Gasteiger partial charge in [-0.15, -0.1) is 0 Å². The van der Waals surface area contributed by atoms with Crippen LogP contribution in [-0.2, 0) is 11.3 Å². The number of halogens is 1. The largest absolute Gasteiger partial charge is 0.482 e. The molecule has 33 heavy (non-hydrogen) atoms. The van der Waals surface area contributed by atoms with E-state index in [0.717, 1.165) is 5.56 Å². The van der Waals surface area contributed by atoms with E-state index in [-0.39, 0.29) is 18.1 Å². The summed E-state index contributed by atoms with van der Waals surface area (Å²) >= 11 is 6.08. The Bertz CT molecular complexity index is 1460. The summed E-state index contributed by atoms with van der Waals surface area (Å²) in [5.74, 6) is -0.320. The highest BCUT2D eigenvalue weighted by molar-refractivity contribution is 6.30. The first kappa shape index (κ1) is 20.8. The van der Waals surface area contributed by atoms with Gasteiger partial charge in [0.25, 0.3) is 11.8 Å². The zero-order valence-electron chi connectivity index (χ0n) is 17.2. The second-order valence-corrected chi connectivity index (χ2v) is 7.96. The van der Waals surface area contributed by atoms with Gasteiger partial charge in [0.15, 0.2) is 6.61 Å². The number of benzene rings is 3. The van der Waals surface area contributed by atoms with Crippen LogP contribution in [0.4, 0.5) is 11.4 Å². The van der Waals surface area contributed by atoms with E-state index in [9.17, 15) is 14.4 Å². The van der Waals surface area contributed by atoms with Crippen molar-refractivity contribution in [3.05, 3.63) is 99.4 Å². The van der Waals surface area contributed by atoms with Crippen molar-refractivity contribution in [2.45, 2.75) is 6.54 Å². The molecule has 0 radical (unpaired) electrons. The van der Waals surface area contributed by atoms with Gasteiger partial charge < -0.3 is 19.4 Å². The lowest BCUT2D eigenvalue weighted by atomic mass is 10.1. The number of nitrogens with zero attached hydrogens (tertiary/aromatic N) is 1. The van der Waals surface area contributed by atoms with E-state index in [1.807, 2.05) is 12.1 Å². The molecule has 0 fully saturated rings. The second-order valence-electron chi connectivity index (χ2n) is 7.52. The van der Waals surface area contributed by atoms with Crippen molar-refractivity contribution in [3.8, 4) is 5.75 Å². The first-order valence-corrected chi connectivity index (χ1v) is 10.5. The molecule has 0 bridgehead atoms. The van der Waals surface area contributed by atoms with Crippen LogP contribution in [0.25, 0.3) is 11.0 Å². The zero-order chi connectivity index (χ0) is 22.9. The molecule has 164 valence electrons. The maximum Gasteiger partial charge on any atom is 0.349 e. The molecule has 8 heteroatoms. The topological polar surface area (TPSA) is 88.8 Å². The Morgan fingerprint density at radius 3 is 2.70 bits per heavy atom. The zero-order valence-corrected chi connectivity index (χ0v) is 18.0. The molecule has 5 rings (SSSR count). The SMILES string of the molecule is O=C(Nc1ccc2c(c1)N(Cc1cccc(Cl)c1)C(=O)CO2)c1cc2ccccc2oc1=O. The smallest absolute Gasteiger partial charge is 0.349 e. The molecular weight excluding hydrogens is 444 g/mol.